The number of ether oxygens (including phenoxy) is 2. The molecule has 0 N–H and O–H groups in total. The zero-order chi connectivity index (χ0) is 15.0. The minimum Gasteiger partial charge on any atom is -0.378 e. The lowest BCUT2D eigenvalue weighted by atomic mass is 9.77. The van der Waals surface area contributed by atoms with Crippen molar-refractivity contribution in [3.05, 3.63) is 5.01 Å². The van der Waals surface area contributed by atoms with Gasteiger partial charge in [-0.05, 0) is 50.4 Å². The lowest BCUT2D eigenvalue weighted by Gasteiger charge is -2.38. The number of anilines is 1. The Morgan fingerprint density at radius 3 is 2.77 bits per heavy atom. The quantitative estimate of drug-likeness (QED) is 0.834. The van der Waals surface area contributed by atoms with Gasteiger partial charge in [0.15, 0.2) is 0 Å². The highest BCUT2D eigenvalue weighted by Gasteiger charge is 2.42. The van der Waals surface area contributed by atoms with Gasteiger partial charge in [-0.3, -0.25) is 0 Å². The fourth-order valence-corrected chi connectivity index (χ4v) is 4.33. The molecular weight excluding hydrogens is 298 g/mol. The van der Waals surface area contributed by atoms with E-state index in [4.69, 9.17) is 9.47 Å². The van der Waals surface area contributed by atoms with Gasteiger partial charge in [0.2, 0.25) is 5.13 Å². The number of aromatic nitrogens is 2. The predicted molar refractivity (Wildman–Crippen MR) is 86.4 cm³/mol. The summed E-state index contributed by atoms with van der Waals surface area (Å²) in [5, 5.41) is 10.5. The van der Waals surface area contributed by atoms with Gasteiger partial charge in [-0.2, -0.15) is 0 Å². The maximum atomic E-state index is 6.02. The molecule has 0 radical (unpaired) electrons. The second kappa shape index (κ2) is 6.06. The van der Waals surface area contributed by atoms with Gasteiger partial charge in [-0.15, -0.1) is 10.2 Å². The minimum absolute atomic E-state index is 0.314. The SMILES string of the molecule is Cc1nnc(N2CCC3(CC2)CO[C@@H](COCC2CC2)C3)s1. The molecule has 1 atom stereocenters. The summed E-state index contributed by atoms with van der Waals surface area (Å²) in [5.74, 6) is 0.842. The molecule has 1 aromatic heterocycles. The topological polar surface area (TPSA) is 47.5 Å². The van der Waals surface area contributed by atoms with E-state index in [1.54, 1.807) is 11.3 Å². The maximum absolute atomic E-state index is 6.02. The van der Waals surface area contributed by atoms with Crippen molar-refractivity contribution >= 4 is 16.5 Å². The summed E-state index contributed by atoms with van der Waals surface area (Å²) in [7, 11) is 0. The molecule has 2 saturated heterocycles. The van der Waals surface area contributed by atoms with Crippen LogP contribution in [0.1, 0.15) is 37.1 Å². The van der Waals surface area contributed by atoms with Crippen LogP contribution in [0.2, 0.25) is 0 Å². The van der Waals surface area contributed by atoms with Gasteiger partial charge >= 0.3 is 0 Å². The normalized spacial score (nSPS) is 27.7. The maximum Gasteiger partial charge on any atom is 0.208 e. The molecule has 0 aromatic carbocycles. The Hall–Kier alpha value is -0.720. The summed E-state index contributed by atoms with van der Waals surface area (Å²) in [6, 6.07) is 0. The lowest BCUT2D eigenvalue weighted by Crippen LogP contribution is -2.40. The predicted octanol–water partition coefficient (Wildman–Crippen LogP) is 2.65. The van der Waals surface area contributed by atoms with Crippen molar-refractivity contribution in [1.82, 2.24) is 10.2 Å². The number of nitrogens with zero attached hydrogens (tertiary/aromatic N) is 3. The van der Waals surface area contributed by atoms with Crippen LogP contribution in [0.3, 0.4) is 0 Å². The van der Waals surface area contributed by atoms with Crippen molar-refractivity contribution in [1.29, 1.82) is 0 Å². The first kappa shape index (κ1) is 14.8. The molecule has 3 fully saturated rings. The largest absolute Gasteiger partial charge is 0.378 e. The molecule has 2 aliphatic heterocycles. The highest BCUT2D eigenvalue weighted by Crippen LogP contribution is 2.43. The van der Waals surface area contributed by atoms with E-state index in [9.17, 15) is 0 Å². The molecule has 3 heterocycles. The van der Waals surface area contributed by atoms with E-state index in [1.165, 1.54) is 32.1 Å². The molecule has 1 spiro atoms. The first-order chi connectivity index (χ1) is 10.7. The van der Waals surface area contributed by atoms with Gasteiger partial charge in [-0.25, -0.2) is 0 Å². The lowest BCUT2D eigenvalue weighted by molar-refractivity contribution is 0.0110. The summed E-state index contributed by atoms with van der Waals surface area (Å²) in [6.45, 7) is 6.81. The highest BCUT2D eigenvalue weighted by molar-refractivity contribution is 7.15. The van der Waals surface area contributed by atoms with Crippen LogP contribution in [0.15, 0.2) is 0 Å². The van der Waals surface area contributed by atoms with E-state index >= 15 is 0 Å². The Labute approximate surface area is 136 Å². The molecule has 3 aliphatic rings. The van der Waals surface area contributed by atoms with Gasteiger partial charge in [-0.1, -0.05) is 11.3 Å². The van der Waals surface area contributed by atoms with E-state index in [0.29, 0.717) is 11.5 Å². The van der Waals surface area contributed by atoms with Crippen molar-refractivity contribution in [2.75, 3.05) is 37.8 Å². The van der Waals surface area contributed by atoms with Gasteiger partial charge in [0.05, 0.1) is 19.3 Å². The zero-order valence-corrected chi connectivity index (χ0v) is 14.1. The second-order valence-electron chi connectivity index (χ2n) is 7.21. The smallest absolute Gasteiger partial charge is 0.208 e. The van der Waals surface area contributed by atoms with Crippen LogP contribution < -0.4 is 4.90 Å². The molecule has 0 unspecified atom stereocenters. The summed E-state index contributed by atoms with van der Waals surface area (Å²) in [4.78, 5) is 2.38. The average molecular weight is 323 g/mol. The van der Waals surface area contributed by atoms with E-state index in [1.807, 2.05) is 6.92 Å². The third kappa shape index (κ3) is 3.29. The zero-order valence-electron chi connectivity index (χ0n) is 13.3. The Kier molecular flexibility index (Phi) is 4.09. The van der Waals surface area contributed by atoms with Crippen LogP contribution in [0.5, 0.6) is 0 Å². The number of rotatable bonds is 5. The van der Waals surface area contributed by atoms with Crippen LogP contribution in [-0.2, 0) is 9.47 Å². The first-order valence-electron chi connectivity index (χ1n) is 8.47. The van der Waals surface area contributed by atoms with Gasteiger partial charge < -0.3 is 14.4 Å². The number of piperidine rings is 1. The molecule has 122 valence electrons. The molecule has 22 heavy (non-hydrogen) atoms. The molecular formula is C16H25N3O2S. The van der Waals surface area contributed by atoms with Gasteiger partial charge in [0, 0.05) is 19.7 Å². The number of aryl methyl sites for hydroxylation is 1. The molecule has 1 saturated carbocycles. The second-order valence-corrected chi connectivity index (χ2v) is 8.37. The Morgan fingerprint density at radius 1 is 1.27 bits per heavy atom. The van der Waals surface area contributed by atoms with E-state index in [-0.39, 0.29) is 0 Å². The fraction of sp³-hybridized carbons (Fsp3) is 0.875. The standard InChI is InChI=1S/C16H25N3O2S/c1-12-17-18-15(22-12)19-6-4-16(5-7-19)8-14(21-11-16)10-20-9-13-2-3-13/h13-14H,2-11H2,1H3/t14-/m1/s1. The van der Waals surface area contributed by atoms with Crippen molar-refractivity contribution in [3.8, 4) is 0 Å². The molecule has 1 aliphatic carbocycles. The van der Waals surface area contributed by atoms with Crippen LogP contribution in [0.25, 0.3) is 0 Å². The minimum atomic E-state index is 0.314. The van der Waals surface area contributed by atoms with Crippen LogP contribution >= 0.6 is 11.3 Å². The van der Waals surface area contributed by atoms with Gasteiger partial charge in [0.25, 0.3) is 0 Å². The molecule has 1 aromatic rings. The van der Waals surface area contributed by atoms with Crippen LogP contribution in [0.4, 0.5) is 5.13 Å². The molecule has 0 amide bonds. The summed E-state index contributed by atoms with van der Waals surface area (Å²) in [5.41, 5.74) is 0.379. The van der Waals surface area contributed by atoms with E-state index in [0.717, 1.165) is 49.0 Å². The highest BCUT2D eigenvalue weighted by atomic mass is 32.1. The van der Waals surface area contributed by atoms with Crippen LogP contribution in [0, 0.1) is 18.3 Å². The third-order valence-electron chi connectivity index (χ3n) is 5.25. The van der Waals surface area contributed by atoms with Crippen molar-refractivity contribution in [3.63, 3.8) is 0 Å². The van der Waals surface area contributed by atoms with Gasteiger partial charge in [0.1, 0.15) is 5.01 Å². The number of hydrogen-bond donors (Lipinski definition) is 0. The Morgan fingerprint density at radius 2 is 2.09 bits per heavy atom. The van der Waals surface area contributed by atoms with Crippen molar-refractivity contribution < 1.29 is 9.47 Å². The Balaban J connectivity index is 1.25. The number of hydrogen-bond acceptors (Lipinski definition) is 6. The third-order valence-corrected chi connectivity index (χ3v) is 6.15. The molecule has 0 bridgehead atoms. The average Bonchev–Trinajstić information content (AvgIpc) is 3.12. The summed E-state index contributed by atoms with van der Waals surface area (Å²) < 4.78 is 11.8. The fourth-order valence-electron chi connectivity index (χ4n) is 3.59. The molecule has 4 rings (SSSR count). The summed E-state index contributed by atoms with van der Waals surface area (Å²) >= 11 is 1.70. The van der Waals surface area contributed by atoms with Crippen molar-refractivity contribution in [2.24, 2.45) is 11.3 Å². The monoisotopic (exact) mass is 323 g/mol. The molecule has 6 heteroatoms. The summed E-state index contributed by atoms with van der Waals surface area (Å²) in [6.07, 6.45) is 6.59. The van der Waals surface area contributed by atoms with E-state index in [2.05, 4.69) is 15.1 Å². The first-order valence-corrected chi connectivity index (χ1v) is 9.29. The Bertz CT molecular complexity index is 509. The van der Waals surface area contributed by atoms with Crippen molar-refractivity contribution in [2.45, 2.75) is 45.1 Å². The van der Waals surface area contributed by atoms with Crippen LogP contribution in [-0.4, -0.2) is 49.2 Å². The van der Waals surface area contributed by atoms with E-state index < -0.39 is 0 Å². The molecule has 5 nitrogen and oxygen atoms in total.